The molecule has 1 heterocycles. The van der Waals surface area contributed by atoms with Crippen molar-refractivity contribution in [2.45, 2.75) is 25.9 Å². The summed E-state index contributed by atoms with van der Waals surface area (Å²) in [6.45, 7) is 3.24. The fourth-order valence-electron chi connectivity index (χ4n) is 3.25. The maximum absolute atomic E-state index is 11.9. The Kier molecular flexibility index (Phi) is 10.6. The number of nitrogens with one attached hydrogen (secondary N) is 2. The standard InChI is InChI=1S/C23H30N4O3.HI/c1-24-23(26-17-19-7-11-21(12-8-19)30-15-14-29-2)25-16-18-5-9-20(10-6-18)27-13-3-4-22(27)28;/h5-12H,3-4,13-17H2,1-2H3,(H2,24,25,26);1H. The molecule has 1 saturated heterocycles. The van der Waals surface area contributed by atoms with Gasteiger partial charge in [-0.05, 0) is 41.8 Å². The van der Waals surface area contributed by atoms with Crippen LogP contribution in [0.4, 0.5) is 5.69 Å². The minimum atomic E-state index is 0. The lowest BCUT2D eigenvalue weighted by molar-refractivity contribution is -0.117. The lowest BCUT2D eigenvalue weighted by Crippen LogP contribution is -2.36. The van der Waals surface area contributed by atoms with Crippen LogP contribution in [0, 0.1) is 0 Å². The Labute approximate surface area is 201 Å². The van der Waals surface area contributed by atoms with Crippen LogP contribution in [-0.4, -0.2) is 45.8 Å². The van der Waals surface area contributed by atoms with E-state index in [1.807, 2.05) is 53.4 Å². The number of ether oxygens (including phenoxy) is 2. The number of carbonyl (C=O) groups is 1. The van der Waals surface area contributed by atoms with Crippen molar-refractivity contribution in [3.8, 4) is 5.75 Å². The Morgan fingerprint density at radius 2 is 1.61 bits per heavy atom. The van der Waals surface area contributed by atoms with E-state index in [4.69, 9.17) is 9.47 Å². The lowest BCUT2D eigenvalue weighted by Gasteiger charge is -2.16. The van der Waals surface area contributed by atoms with E-state index in [1.165, 1.54) is 0 Å². The number of anilines is 1. The van der Waals surface area contributed by atoms with Crippen LogP contribution < -0.4 is 20.3 Å². The quantitative estimate of drug-likeness (QED) is 0.222. The first-order chi connectivity index (χ1) is 14.7. The van der Waals surface area contributed by atoms with Crippen LogP contribution >= 0.6 is 24.0 Å². The van der Waals surface area contributed by atoms with E-state index in [0.29, 0.717) is 32.7 Å². The minimum absolute atomic E-state index is 0. The molecule has 31 heavy (non-hydrogen) atoms. The highest BCUT2D eigenvalue weighted by atomic mass is 127. The highest BCUT2D eigenvalue weighted by Gasteiger charge is 2.21. The average Bonchev–Trinajstić information content (AvgIpc) is 3.21. The van der Waals surface area contributed by atoms with E-state index in [0.717, 1.165) is 41.5 Å². The van der Waals surface area contributed by atoms with Gasteiger partial charge in [0, 0.05) is 45.9 Å². The molecule has 2 aromatic rings. The van der Waals surface area contributed by atoms with Gasteiger partial charge >= 0.3 is 0 Å². The number of aliphatic imine (C=N–C) groups is 1. The van der Waals surface area contributed by atoms with Crippen LogP contribution in [0.15, 0.2) is 53.5 Å². The first-order valence-electron chi connectivity index (χ1n) is 10.2. The Bertz CT molecular complexity index is 841. The van der Waals surface area contributed by atoms with Crippen LogP contribution in [0.3, 0.4) is 0 Å². The molecule has 0 unspecified atom stereocenters. The normalized spacial score (nSPS) is 13.7. The SMILES string of the molecule is CN=C(NCc1ccc(OCCOC)cc1)NCc1ccc(N2CCCC2=O)cc1.I. The van der Waals surface area contributed by atoms with E-state index in [9.17, 15) is 4.79 Å². The van der Waals surface area contributed by atoms with Crippen molar-refractivity contribution < 1.29 is 14.3 Å². The summed E-state index contributed by atoms with van der Waals surface area (Å²) in [5.41, 5.74) is 3.24. The lowest BCUT2D eigenvalue weighted by atomic mass is 10.2. The third-order valence-electron chi connectivity index (χ3n) is 4.94. The molecule has 1 fully saturated rings. The number of nitrogens with zero attached hydrogens (tertiary/aromatic N) is 2. The van der Waals surface area contributed by atoms with Gasteiger partial charge < -0.3 is 25.0 Å². The topological polar surface area (TPSA) is 75.2 Å². The molecular formula is C23H31IN4O3. The first kappa shape index (κ1) is 24.9. The van der Waals surface area contributed by atoms with Crippen molar-refractivity contribution in [1.29, 1.82) is 0 Å². The summed E-state index contributed by atoms with van der Waals surface area (Å²) >= 11 is 0. The van der Waals surface area contributed by atoms with Gasteiger partial charge in [-0.15, -0.1) is 24.0 Å². The second-order valence-electron chi connectivity index (χ2n) is 7.08. The predicted molar refractivity (Wildman–Crippen MR) is 134 cm³/mol. The first-order valence-corrected chi connectivity index (χ1v) is 10.2. The highest BCUT2D eigenvalue weighted by molar-refractivity contribution is 14.0. The van der Waals surface area contributed by atoms with Gasteiger partial charge in [0.15, 0.2) is 5.96 Å². The largest absolute Gasteiger partial charge is 0.491 e. The van der Waals surface area contributed by atoms with Crippen molar-refractivity contribution in [1.82, 2.24) is 10.6 Å². The van der Waals surface area contributed by atoms with Gasteiger partial charge in [-0.1, -0.05) is 24.3 Å². The molecule has 0 aliphatic carbocycles. The molecule has 0 spiro atoms. The molecular weight excluding hydrogens is 507 g/mol. The zero-order valence-corrected chi connectivity index (χ0v) is 20.4. The third kappa shape index (κ3) is 7.70. The highest BCUT2D eigenvalue weighted by Crippen LogP contribution is 2.21. The van der Waals surface area contributed by atoms with Crippen LogP contribution in [-0.2, 0) is 22.6 Å². The summed E-state index contributed by atoms with van der Waals surface area (Å²) in [4.78, 5) is 18.0. The van der Waals surface area contributed by atoms with Gasteiger partial charge in [0.2, 0.25) is 5.91 Å². The average molecular weight is 538 g/mol. The monoisotopic (exact) mass is 538 g/mol. The van der Waals surface area contributed by atoms with Crippen molar-refractivity contribution in [2.75, 3.05) is 38.8 Å². The molecule has 7 nitrogen and oxygen atoms in total. The Hall–Kier alpha value is -2.33. The number of methoxy groups -OCH3 is 1. The number of benzene rings is 2. The Morgan fingerprint density at radius 1 is 1.00 bits per heavy atom. The summed E-state index contributed by atoms with van der Waals surface area (Å²) in [6, 6.07) is 16.1. The molecule has 0 aromatic heterocycles. The third-order valence-corrected chi connectivity index (χ3v) is 4.94. The van der Waals surface area contributed by atoms with Crippen LogP contribution in [0.2, 0.25) is 0 Å². The van der Waals surface area contributed by atoms with E-state index >= 15 is 0 Å². The second-order valence-corrected chi connectivity index (χ2v) is 7.08. The summed E-state index contributed by atoms with van der Waals surface area (Å²) in [6.07, 6.45) is 1.59. The van der Waals surface area contributed by atoms with E-state index < -0.39 is 0 Å². The number of hydrogen-bond donors (Lipinski definition) is 2. The minimum Gasteiger partial charge on any atom is -0.491 e. The number of carbonyl (C=O) groups excluding carboxylic acids is 1. The molecule has 1 aliphatic heterocycles. The van der Waals surface area contributed by atoms with E-state index in [2.05, 4.69) is 15.6 Å². The second kappa shape index (κ2) is 13.2. The van der Waals surface area contributed by atoms with Crippen molar-refractivity contribution in [3.05, 3.63) is 59.7 Å². The zero-order chi connectivity index (χ0) is 21.2. The van der Waals surface area contributed by atoms with Gasteiger partial charge in [0.05, 0.1) is 6.61 Å². The molecule has 2 N–H and O–H groups in total. The van der Waals surface area contributed by atoms with Crippen molar-refractivity contribution in [2.24, 2.45) is 4.99 Å². The Balaban J connectivity index is 0.00000341. The van der Waals surface area contributed by atoms with E-state index in [1.54, 1.807) is 14.2 Å². The number of halogens is 1. The molecule has 168 valence electrons. The van der Waals surface area contributed by atoms with Gasteiger partial charge in [-0.25, -0.2) is 0 Å². The Morgan fingerprint density at radius 3 is 2.13 bits per heavy atom. The predicted octanol–water partition coefficient (Wildman–Crippen LogP) is 3.32. The van der Waals surface area contributed by atoms with Gasteiger partial charge in [-0.3, -0.25) is 9.79 Å². The molecule has 3 rings (SSSR count). The molecule has 2 aromatic carbocycles. The summed E-state index contributed by atoms with van der Waals surface area (Å²) in [7, 11) is 3.41. The molecule has 1 aliphatic rings. The summed E-state index contributed by atoms with van der Waals surface area (Å²) in [5, 5.41) is 6.63. The molecule has 0 radical (unpaired) electrons. The fourth-order valence-corrected chi connectivity index (χ4v) is 3.25. The zero-order valence-electron chi connectivity index (χ0n) is 18.1. The molecule has 8 heteroatoms. The number of amides is 1. The summed E-state index contributed by atoms with van der Waals surface area (Å²) < 4.78 is 10.6. The van der Waals surface area contributed by atoms with Gasteiger partial charge in [0.1, 0.15) is 12.4 Å². The van der Waals surface area contributed by atoms with E-state index in [-0.39, 0.29) is 29.9 Å². The molecule has 1 amide bonds. The maximum Gasteiger partial charge on any atom is 0.227 e. The fraction of sp³-hybridized carbons (Fsp3) is 0.391. The number of rotatable bonds is 9. The smallest absolute Gasteiger partial charge is 0.227 e. The summed E-state index contributed by atoms with van der Waals surface area (Å²) in [5.74, 6) is 1.77. The van der Waals surface area contributed by atoms with Crippen molar-refractivity contribution in [3.63, 3.8) is 0 Å². The van der Waals surface area contributed by atoms with Gasteiger partial charge in [0.25, 0.3) is 0 Å². The molecule has 0 bridgehead atoms. The van der Waals surface area contributed by atoms with Gasteiger partial charge in [-0.2, -0.15) is 0 Å². The molecule has 0 saturated carbocycles. The van der Waals surface area contributed by atoms with Crippen LogP contribution in [0.5, 0.6) is 5.75 Å². The van der Waals surface area contributed by atoms with Crippen LogP contribution in [0.1, 0.15) is 24.0 Å². The van der Waals surface area contributed by atoms with Crippen molar-refractivity contribution >= 4 is 41.5 Å². The van der Waals surface area contributed by atoms with Crippen LogP contribution in [0.25, 0.3) is 0 Å². The maximum atomic E-state index is 11.9. The number of hydrogen-bond acceptors (Lipinski definition) is 4. The number of guanidine groups is 1. The molecule has 0 atom stereocenters.